The quantitative estimate of drug-likeness (QED) is 0.744. The van der Waals surface area contributed by atoms with Gasteiger partial charge in [0, 0.05) is 4.70 Å². The van der Waals surface area contributed by atoms with E-state index in [2.05, 4.69) is 0 Å². The summed E-state index contributed by atoms with van der Waals surface area (Å²) in [6.45, 7) is 0. The van der Waals surface area contributed by atoms with E-state index in [0.717, 1.165) is 15.8 Å². The van der Waals surface area contributed by atoms with Crippen LogP contribution >= 0.6 is 11.3 Å². The summed E-state index contributed by atoms with van der Waals surface area (Å²) in [6.07, 6.45) is 0. The van der Waals surface area contributed by atoms with Crippen LogP contribution in [0.25, 0.3) is 10.1 Å². The van der Waals surface area contributed by atoms with E-state index in [9.17, 15) is 4.79 Å². The molecule has 1 aromatic heterocycles. The van der Waals surface area contributed by atoms with Crippen LogP contribution in [-0.2, 0) is 0 Å². The summed E-state index contributed by atoms with van der Waals surface area (Å²) >= 11 is 1.26. The van der Waals surface area contributed by atoms with Gasteiger partial charge in [0.15, 0.2) is 0 Å². The summed E-state index contributed by atoms with van der Waals surface area (Å²) in [6, 6.07) is 7.19. The molecule has 0 fully saturated rings. The molecule has 0 atom stereocenters. The van der Waals surface area contributed by atoms with Gasteiger partial charge in [-0.1, -0.05) is 0 Å². The largest absolute Gasteiger partial charge is 1.00 e. The van der Waals surface area contributed by atoms with E-state index in [4.69, 9.17) is 9.84 Å². The van der Waals surface area contributed by atoms with Crippen molar-refractivity contribution in [2.24, 2.45) is 0 Å². The van der Waals surface area contributed by atoms with Crippen LogP contribution in [0.2, 0.25) is 0 Å². The zero-order valence-electron chi connectivity index (χ0n) is 9.48. The van der Waals surface area contributed by atoms with Crippen molar-refractivity contribution >= 4 is 27.4 Å². The molecule has 0 saturated heterocycles. The monoisotopic (exact) mass is 248 g/mol. The fourth-order valence-electron chi connectivity index (χ4n) is 1.24. The van der Waals surface area contributed by atoms with E-state index in [-0.39, 0.29) is 52.8 Å². The van der Waals surface area contributed by atoms with Crippen molar-refractivity contribution in [3.8, 4) is 5.75 Å². The Morgan fingerprint density at radius 3 is 2.80 bits per heavy atom. The SMILES string of the molecule is COc1ccc2cc(C(=O)O)sc2c1.[H-].[K+]. The number of hydrogen-bond donors (Lipinski definition) is 1. The molecule has 5 heteroatoms. The van der Waals surface area contributed by atoms with E-state index in [1.165, 1.54) is 11.3 Å². The summed E-state index contributed by atoms with van der Waals surface area (Å²) in [5, 5.41) is 9.73. The second-order valence-electron chi connectivity index (χ2n) is 2.82. The van der Waals surface area contributed by atoms with Gasteiger partial charge >= 0.3 is 57.4 Å². The molecular formula is C10H9KO3S. The number of aromatic carboxylic acids is 1. The summed E-state index contributed by atoms with van der Waals surface area (Å²) in [5.41, 5.74) is 0. The predicted molar refractivity (Wildman–Crippen MR) is 56.4 cm³/mol. The molecule has 0 amide bonds. The first-order valence-corrected chi connectivity index (χ1v) is 4.83. The van der Waals surface area contributed by atoms with Gasteiger partial charge in [0.05, 0.1) is 7.11 Å². The van der Waals surface area contributed by atoms with Crippen LogP contribution in [0.15, 0.2) is 24.3 Å². The van der Waals surface area contributed by atoms with Crippen molar-refractivity contribution < 1.29 is 67.4 Å². The van der Waals surface area contributed by atoms with E-state index in [1.807, 2.05) is 18.2 Å². The van der Waals surface area contributed by atoms with Crippen molar-refractivity contribution in [1.29, 1.82) is 0 Å². The minimum Gasteiger partial charge on any atom is -1.00 e. The molecule has 3 nitrogen and oxygen atoms in total. The average molecular weight is 248 g/mol. The summed E-state index contributed by atoms with van der Waals surface area (Å²) < 4.78 is 5.98. The van der Waals surface area contributed by atoms with Gasteiger partial charge in [-0.2, -0.15) is 0 Å². The molecule has 0 aliphatic rings. The Morgan fingerprint density at radius 2 is 2.20 bits per heavy atom. The number of carboxylic acids is 1. The zero-order valence-corrected chi connectivity index (χ0v) is 12.4. The Balaban J connectivity index is 0.00000112. The number of fused-ring (bicyclic) bond motifs is 1. The third-order valence-electron chi connectivity index (χ3n) is 1.94. The molecule has 0 bridgehead atoms. The number of methoxy groups -OCH3 is 1. The van der Waals surface area contributed by atoms with Gasteiger partial charge < -0.3 is 11.3 Å². The third kappa shape index (κ3) is 2.80. The predicted octanol–water partition coefficient (Wildman–Crippen LogP) is -0.275. The number of hydrogen-bond acceptors (Lipinski definition) is 3. The van der Waals surface area contributed by atoms with Crippen LogP contribution in [-0.4, -0.2) is 18.2 Å². The molecule has 2 aromatic rings. The van der Waals surface area contributed by atoms with Gasteiger partial charge in [-0.25, -0.2) is 4.79 Å². The number of thiophene rings is 1. The van der Waals surface area contributed by atoms with Crippen LogP contribution in [0.4, 0.5) is 0 Å². The zero-order chi connectivity index (χ0) is 10.1. The summed E-state index contributed by atoms with van der Waals surface area (Å²) in [7, 11) is 1.59. The van der Waals surface area contributed by atoms with Crippen molar-refractivity contribution in [2.45, 2.75) is 0 Å². The second kappa shape index (κ2) is 5.43. The standard InChI is InChI=1S/C10H8O3S.K.H/c1-13-7-3-2-6-4-9(10(11)12)14-8(6)5-7;;/h2-5H,1H3,(H,11,12);;/q;+1;-1. The molecule has 74 valence electrons. The smallest absolute Gasteiger partial charge is 1.00 e. The normalized spacial score (nSPS) is 9.67. The second-order valence-corrected chi connectivity index (χ2v) is 3.90. The van der Waals surface area contributed by atoms with Crippen LogP contribution in [0.3, 0.4) is 0 Å². The van der Waals surface area contributed by atoms with Gasteiger partial charge in [0.25, 0.3) is 0 Å². The Bertz CT molecular complexity index is 498. The van der Waals surface area contributed by atoms with Gasteiger partial charge in [-0.15, -0.1) is 11.3 Å². The maximum atomic E-state index is 10.7. The minimum absolute atomic E-state index is 0. The third-order valence-corrected chi connectivity index (χ3v) is 3.02. The molecule has 0 radical (unpaired) electrons. The maximum Gasteiger partial charge on any atom is 1.00 e. The van der Waals surface area contributed by atoms with E-state index < -0.39 is 5.97 Å². The van der Waals surface area contributed by atoms with Gasteiger partial charge in [0.2, 0.25) is 0 Å². The van der Waals surface area contributed by atoms with Crippen LogP contribution in [0.5, 0.6) is 5.75 Å². The van der Waals surface area contributed by atoms with Gasteiger partial charge in [-0.3, -0.25) is 0 Å². The first-order chi connectivity index (χ1) is 6.70. The van der Waals surface area contributed by atoms with Gasteiger partial charge in [0.1, 0.15) is 10.6 Å². The average Bonchev–Trinajstić information content (AvgIpc) is 2.59. The first-order valence-electron chi connectivity index (χ1n) is 4.01. The summed E-state index contributed by atoms with van der Waals surface area (Å²) in [4.78, 5) is 11.1. The van der Waals surface area contributed by atoms with Gasteiger partial charge in [-0.05, 0) is 29.7 Å². The molecule has 0 spiro atoms. The molecule has 1 heterocycles. The molecular weight excluding hydrogens is 239 g/mol. The molecule has 1 aromatic carbocycles. The minimum atomic E-state index is -0.884. The number of benzene rings is 1. The molecule has 2 rings (SSSR count). The Labute approximate surface area is 135 Å². The van der Waals surface area contributed by atoms with E-state index in [1.54, 1.807) is 13.2 Å². The number of rotatable bonds is 2. The van der Waals surface area contributed by atoms with Crippen molar-refractivity contribution in [1.82, 2.24) is 0 Å². The first kappa shape index (κ1) is 13.2. The van der Waals surface area contributed by atoms with Crippen molar-refractivity contribution in [2.75, 3.05) is 7.11 Å². The van der Waals surface area contributed by atoms with Crippen LogP contribution in [0.1, 0.15) is 11.1 Å². The number of carbonyl (C=O) groups is 1. The Kier molecular flexibility index (Phi) is 4.76. The fourth-order valence-corrected chi connectivity index (χ4v) is 2.17. The topological polar surface area (TPSA) is 46.5 Å². The number of carboxylic acid groups (broad SMARTS) is 1. The van der Waals surface area contributed by atoms with Crippen molar-refractivity contribution in [3.05, 3.63) is 29.1 Å². The molecule has 0 aliphatic heterocycles. The van der Waals surface area contributed by atoms with E-state index >= 15 is 0 Å². The van der Waals surface area contributed by atoms with Crippen LogP contribution in [0, 0.1) is 0 Å². The number of ether oxygens (including phenoxy) is 1. The molecule has 0 aliphatic carbocycles. The fraction of sp³-hybridized carbons (Fsp3) is 0.100. The van der Waals surface area contributed by atoms with Crippen molar-refractivity contribution in [3.63, 3.8) is 0 Å². The van der Waals surface area contributed by atoms with Crippen LogP contribution < -0.4 is 56.1 Å². The van der Waals surface area contributed by atoms with E-state index in [0.29, 0.717) is 4.88 Å². The Hall–Kier alpha value is 0.0864. The Morgan fingerprint density at radius 1 is 1.47 bits per heavy atom. The molecule has 0 unspecified atom stereocenters. The summed E-state index contributed by atoms with van der Waals surface area (Å²) in [5.74, 6) is -0.138. The molecule has 0 saturated carbocycles. The molecule has 15 heavy (non-hydrogen) atoms. The maximum absolute atomic E-state index is 10.7. The molecule has 1 N–H and O–H groups in total.